The number of urea groups is 1. The third kappa shape index (κ3) is 7.87. The third-order valence-corrected chi connectivity index (χ3v) is 5.19. The van der Waals surface area contributed by atoms with Gasteiger partial charge in [0.25, 0.3) is 0 Å². The number of pyridine rings is 1. The summed E-state index contributed by atoms with van der Waals surface area (Å²) in [6.07, 6.45) is 6.22. The molecule has 0 unspecified atom stereocenters. The van der Waals surface area contributed by atoms with E-state index in [4.69, 9.17) is 9.84 Å². The van der Waals surface area contributed by atoms with Crippen molar-refractivity contribution in [3.63, 3.8) is 0 Å². The van der Waals surface area contributed by atoms with Gasteiger partial charge in [0.15, 0.2) is 0 Å². The van der Waals surface area contributed by atoms with Crippen LogP contribution in [-0.4, -0.2) is 42.3 Å². The van der Waals surface area contributed by atoms with Crippen LogP contribution in [0.15, 0.2) is 36.4 Å². The highest BCUT2D eigenvalue weighted by molar-refractivity contribution is 5.90. The normalized spacial score (nSPS) is 10.6. The fourth-order valence-electron chi connectivity index (χ4n) is 3.37. The first-order valence-electron chi connectivity index (χ1n) is 11.4. The molecule has 0 aliphatic heterocycles. The smallest absolute Gasteiger partial charge is 0.322 e. The Kier molecular flexibility index (Phi) is 10.5. The molecule has 0 radical (unpaired) electrons. The number of anilines is 1. The molecule has 2 amide bonds. The van der Waals surface area contributed by atoms with Crippen LogP contribution < -0.4 is 15.0 Å². The molecule has 0 aliphatic rings. The van der Waals surface area contributed by atoms with Gasteiger partial charge in [-0.05, 0) is 49.6 Å². The van der Waals surface area contributed by atoms with Crippen LogP contribution in [0.3, 0.4) is 0 Å². The zero-order chi connectivity index (χ0) is 23.3. The predicted molar refractivity (Wildman–Crippen MR) is 127 cm³/mol. The lowest BCUT2D eigenvalue weighted by Crippen LogP contribution is -2.38. The molecule has 1 aromatic heterocycles. The van der Waals surface area contributed by atoms with Crippen molar-refractivity contribution >= 4 is 17.8 Å². The number of amides is 2. The van der Waals surface area contributed by atoms with Gasteiger partial charge in [0.05, 0.1) is 12.3 Å². The topological polar surface area (TPSA) is 91.8 Å². The Balaban J connectivity index is 2.10. The van der Waals surface area contributed by atoms with E-state index in [1.807, 2.05) is 37.3 Å². The van der Waals surface area contributed by atoms with Crippen LogP contribution in [0.25, 0.3) is 11.3 Å². The minimum Gasteiger partial charge on any atom is -0.493 e. The summed E-state index contributed by atoms with van der Waals surface area (Å²) in [4.78, 5) is 29.6. The fourth-order valence-corrected chi connectivity index (χ4v) is 3.37. The number of carbonyl (C=O) groups excluding carboxylic acids is 1. The maximum Gasteiger partial charge on any atom is 0.322 e. The summed E-state index contributed by atoms with van der Waals surface area (Å²) in [7, 11) is 1.71. The number of nitrogens with one attached hydrogen (secondary N) is 1. The van der Waals surface area contributed by atoms with E-state index < -0.39 is 5.97 Å². The van der Waals surface area contributed by atoms with Crippen LogP contribution in [0.5, 0.6) is 5.75 Å². The van der Waals surface area contributed by atoms with Crippen molar-refractivity contribution in [2.75, 3.05) is 25.1 Å². The first-order chi connectivity index (χ1) is 15.5. The number of ether oxygens (including phenoxy) is 1. The van der Waals surface area contributed by atoms with Crippen LogP contribution >= 0.6 is 0 Å². The average molecular weight is 442 g/mol. The number of aromatic nitrogens is 1. The van der Waals surface area contributed by atoms with E-state index in [2.05, 4.69) is 17.2 Å². The lowest BCUT2D eigenvalue weighted by Gasteiger charge is -2.18. The van der Waals surface area contributed by atoms with E-state index in [1.54, 1.807) is 13.1 Å². The van der Waals surface area contributed by atoms with Crippen molar-refractivity contribution in [2.45, 2.75) is 58.8 Å². The maximum atomic E-state index is 12.5. The molecule has 2 aromatic rings. The highest BCUT2D eigenvalue weighted by atomic mass is 16.5. The van der Waals surface area contributed by atoms with E-state index in [-0.39, 0.29) is 12.5 Å². The van der Waals surface area contributed by atoms with E-state index in [0.29, 0.717) is 36.8 Å². The quantitative estimate of drug-likeness (QED) is 0.413. The largest absolute Gasteiger partial charge is 0.493 e. The molecule has 7 nitrogen and oxygen atoms in total. The van der Waals surface area contributed by atoms with Gasteiger partial charge < -0.3 is 15.2 Å². The maximum absolute atomic E-state index is 12.5. The molecular weight excluding hydrogens is 406 g/mol. The van der Waals surface area contributed by atoms with Crippen molar-refractivity contribution in [1.29, 1.82) is 0 Å². The SMILES string of the molecule is CCCCCCCNC(=O)N(C)c1cccc(-c2ccc(CCC(=O)O)cc2OCC)n1. The number of unbranched alkanes of at least 4 members (excludes halogenated alkanes) is 4. The van der Waals surface area contributed by atoms with Gasteiger partial charge in [-0.15, -0.1) is 0 Å². The number of benzene rings is 1. The number of nitrogens with zero attached hydrogens (tertiary/aromatic N) is 2. The van der Waals surface area contributed by atoms with Gasteiger partial charge in [-0.2, -0.15) is 0 Å². The molecule has 0 spiro atoms. The minimum atomic E-state index is -0.830. The average Bonchev–Trinajstić information content (AvgIpc) is 2.79. The van der Waals surface area contributed by atoms with Crippen LogP contribution in [0, 0.1) is 0 Å². The third-order valence-electron chi connectivity index (χ3n) is 5.19. The van der Waals surface area contributed by atoms with Crippen molar-refractivity contribution in [2.24, 2.45) is 0 Å². The molecule has 2 N–H and O–H groups in total. The van der Waals surface area contributed by atoms with Crippen LogP contribution in [0.1, 0.15) is 57.9 Å². The van der Waals surface area contributed by atoms with Crippen LogP contribution in [-0.2, 0) is 11.2 Å². The Morgan fingerprint density at radius 3 is 2.59 bits per heavy atom. The van der Waals surface area contributed by atoms with Gasteiger partial charge >= 0.3 is 12.0 Å². The Bertz CT molecular complexity index is 885. The van der Waals surface area contributed by atoms with E-state index in [0.717, 1.165) is 24.0 Å². The molecule has 1 aromatic carbocycles. The highest BCUT2D eigenvalue weighted by Gasteiger charge is 2.15. The van der Waals surface area contributed by atoms with Gasteiger partial charge in [-0.1, -0.05) is 44.7 Å². The lowest BCUT2D eigenvalue weighted by atomic mass is 10.0. The molecule has 0 bridgehead atoms. The number of carboxylic acids is 1. The van der Waals surface area contributed by atoms with Crippen LogP contribution in [0.2, 0.25) is 0 Å². The lowest BCUT2D eigenvalue weighted by molar-refractivity contribution is -0.136. The molecule has 0 saturated heterocycles. The molecule has 174 valence electrons. The van der Waals surface area contributed by atoms with Crippen molar-refractivity contribution in [3.8, 4) is 17.0 Å². The molecule has 32 heavy (non-hydrogen) atoms. The van der Waals surface area contributed by atoms with Crippen molar-refractivity contribution in [1.82, 2.24) is 10.3 Å². The molecule has 0 saturated carbocycles. The fraction of sp³-hybridized carbons (Fsp3) is 0.480. The van der Waals surface area contributed by atoms with Gasteiger partial charge in [0, 0.05) is 25.6 Å². The number of rotatable bonds is 13. The molecule has 0 fully saturated rings. The van der Waals surface area contributed by atoms with Crippen LogP contribution in [0.4, 0.5) is 10.6 Å². The van der Waals surface area contributed by atoms with Gasteiger partial charge in [0.2, 0.25) is 0 Å². The second-order valence-electron chi connectivity index (χ2n) is 7.74. The molecule has 1 heterocycles. The van der Waals surface area contributed by atoms with Gasteiger partial charge in [-0.3, -0.25) is 9.69 Å². The second-order valence-corrected chi connectivity index (χ2v) is 7.74. The van der Waals surface area contributed by atoms with Gasteiger partial charge in [0.1, 0.15) is 11.6 Å². The standard InChI is InChI=1S/C25H35N3O4/c1-4-6-7-8-9-17-26-25(31)28(3)23-12-10-11-21(27-23)20-15-13-19(14-16-24(29)30)18-22(20)32-5-2/h10-13,15,18H,4-9,14,16-17H2,1-3H3,(H,26,31)(H,29,30). The van der Waals surface area contributed by atoms with E-state index in [1.165, 1.54) is 24.2 Å². The number of hydrogen-bond acceptors (Lipinski definition) is 4. The first-order valence-corrected chi connectivity index (χ1v) is 11.4. The summed E-state index contributed by atoms with van der Waals surface area (Å²) >= 11 is 0. The van der Waals surface area contributed by atoms with E-state index in [9.17, 15) is 9.59 Å². The summed E-state index contributed by atoms with van der Waals surface area (Å²) < 4.78 is 5.80. The number of carbonyl (C=O) groups is 2. The molecule has 2 rings (SSSR count). The first kappa shape index (κ1) is 25.2. The Morgan fingerprint density at radius 2 is 1.88 bits per heavy atom. The summed E-state index contributed by atoms with van der Waals surface area (Å²) in [5.74, 6) is 0.367. The summed E-state index contributed by atoms with van der Waals surface area (Å²) in [6.45, 7) is 5.22. The number of hydrogen-bond donors (Lipinski definition) is 2. The number of carboxylic acid groups (broad SMARTS) is 1. The van der Waals surface area contributed by atoms with Crippen molar-refractivity contribution < 1.29 is 19.4 Å². The molecule has 0 atom stereocenters. The summed E-state index contributed by atoms with van der Waals surface area (Å²) in [6, 6.07) is 11.0. The van der Waals surface area contributed by atoms with Crippen molar-refractivity contribution in [3.05, 3.63) is 42.0 Å². The molecule has 0 aliphatic carbocycles. The second kappa shape index (κ2) is 13.3. The Labute approximate surface area is 190 Å². The Hall–Kier alpha value is -3.09. The zero-order valence-corrected chi connectivity index (χ0v) is 19.4. The summed E-state index contributed by atoms with van der Waals surface area (Å²) in [5.41, 5.74) is 2.39. The zero-order valence-electron chi connectivity index (χ0n) is 19.4. The number of aryl methyl sites for hydroxylation is 1. The summed E-state index contributed by atoms with van der Waals surface area (Å²) in [5, 5.41) is 11.9. The Morgan fingerprint density at radius 1 is 1.09 bits per heavy atom. The molecular formula is C25H35N3O4. The van der Waals surface area contributed by atoms with Gasteiger partial charge in [-0.25, -0.2) is 9.78 Å². The minimum absolute atomic E-state index is 0.0666. The van der Waals surface area contributed by atoms with E-state index >= 15 is 0 Å². The number of aliphatic carboxylic acids is 1. The molecule has 7 heteroatoms. The predicted octanol–water partition coefficient (Wildman–Crippen LogP) is 5.28. The highest BCUT2D eigenvalue weighted by Crippen LogP contribution is 2.31. The monoisotopic (exact) mass is 441 g/mol.